The summed E-state index contributed by atoms with van der Waals surface area (Å²) in [6.45, 7) is 2.16. The van der Waals surface area contributed by atoms with Crippen molar-refractivity contribution in [1.82, 2.24) is 0 Å². The molecule has 1 atom stereocenters. The van der Waals surface area contributed by atoms with Crippen molar-refractivity contribution in [3.8, 4) is 0 Å². The van der Waals surface area contributed by atoms with Gasteiger partial charge in [0.1, 0.15) is 17.7 Å². The van der Waals surface area contributed by atoms with Crippen molar-refractivity contribution in [2.75, 3.05) is 6.61 Å². The van der Waals surface area contributed by atoms with Crippen molar-refractivity contribution in [2.45, 2.75) is 25.9 Å². The van der Waals surface area contributed by atoms with E-state index in [-0.39, 0.29) is 24.3 Å². The van der Waals surface area contributed by atoms with Crippen LogP contribution in [0.4, 0.5) is 4.39 Å². The molecule has 1 aromatic carbocycles. The number of esters is 1. The molecular formula is C18H17FO3. The first-order chi connectivity index (χ1) is 10.7. The first-order valence-electron chi connectivity index (χ1n) is 7.39. The van der Waals surface area contributed by atoms with Gasteiger partial charge >= 0.3 is 5.97 Å². The molecule has 3 rings (SSSR count). The van der Waals surface area contributed by atoms with E-state index in [1.165, 1.54) is 12.2 Å². The monoisotopic (exact) mass is 300 g/mol. The zero-order valence-electron chi connectivity index (χ0n) is 12.3. The third-order valence-electron chi connectivity index (χ3n) is 3.70. The van der Waals surface area contributed by atoms with E-state index < -0.39 is 0 Å². The number of allylic oxidation sites excluding steroid dienone is 2. The molecule has 0 amide bonds. The molecule has 1 unspecified atom stereocenters. The largest absolute Gasteiger partial charge is 0.485 e. The van der Waals surface area contributed by atoms with E-state index in [0.717, 1.165) is 21.8 Å². The van der Waals surface area contributed by atoms with Gasteiger partial charge in [0, 0.05) is 17.2 Å². The predicted octanol–water partition coefficient (Wildman–Crippen LogP) is 2.11. The Kier molecular flexibility index (Phi) is 4.09. The number of rotatable bonds is 4. The smallest absolute Gasteiger partial charge is 0.306 e. The van der Waals surface area contributed by atoms with Crippen molar-refractivity contribution in [3.05, 3.63) is 58.8 Å². The molecule has 22 heavy (non-hydrogen) atoms. The molecule has 4 heteroatoms. The van der Waals surface area contributed by atoms with Gasteiger partial charge in [-0.05, 0) is 30.4 Å². The Morgan fingerprint density at radius 1 is 1.32 bits per heavy atom. The maximum atomic E-state index is 13.5. The fourth-order valence-electron chi connectivity index (χ4n) is 2.73. The number of carbonyl (C=O) groups excluding carboxylic acids is 1. The van der Waals surface area contributed by atoms with Crippen LogP contribution in [0.5, 0.6) is 0 Å². The molecule has 0 aromatic heterocycles. The Labute approximate surface area is 128 Å². The zero-order chi connectivity index (χ0) is 15.5. The molecule has 0 fully saturated rings. The predicted molar refractivity (Wildman–Crippen MR) is 81.6 cm³/mol. The van der Waals surface area contributed by atoms with Crippen LogP contribution in [0, 0.1) is 0 Å². The Bertz CT molecular complexity index is 774. The molecule has 0 bridgehead atoms. The summed E-state index contributed by atoms with van der Waals surface area (Å²) in [5.74, 6) is 0.230. The topological polar surface area (TPSA) is 35.5 Å². The molecule has 1 aliphatic carbocycles. The second kappa shape index (κ2) is 6.18. The van der Waals surface area contributed by atoms with E-state index in [4.69, 9.17) is 9.47 Å². The van der Waals surface area contributed by atoms with Gasteiger partial charge in [-0.2, -0.15) is 0 Å². The number of benzene rings is 1. The number of fused-ring (bicyclic) bond motifs is 2. The molecule has 0 radical (unpaired) electrons. The van der Waals surface area contributed by atoms with Gasteiger partial charge in [-0.1, -0.05) is 24.3 Å². The highest BCUT2D eigenvalue weighted by molar-refractivity contribution is 5.72. The summed E-state index contributed by atoms with van der Waals surface area (Å²) in [6.07, 6.45) is 5.06. The lowest BCUT2D eigenvalue weighted by molar-refractivity contribution is -0.143. The average molecular weight is 300 g/mol. The summed E-state index contributed by atoms with van der Waals surface area (Å²) < 4.78 is 24.4. The third-order valence-corrected chi connectivity index (χ3v) is 3.70. The van der Waals surface area contributed by atoms with Crippen molar-refractivity contribution in [2.24, 2.45) is 0 Å². The SMILES string of the molecule is CCOC(=O)CCC1=c2ccccc2=C2C=C(F)C=CC2O1. The molecule has 0 saturated heterocycles. The lowest BCUT2D eigenvalue weighted by atomic mass is 9.96. The van der Waals surface area contributed by atoms with Crippen LogP contribution in [0.2, 0.25) is 0 Å². The van der Waals surface area contributed by atoms with Crippen LogP contribution in [0.25, 0.3) is 11.3 Å². The maximum absolute atomic E-state index is 13.5. The van der Waals surface area contributed by atoms with Crippen LogP contribution < -0.4 is 10.4 Å². The Hall–Kier alpha value is -2.36. The van der Waals surface area contributed by atoms with Gasteiger partial charge in [0.15, 0.2) is 0 Å². The second-order valence-corrected chi connectivity index (χ2v) is 5.16. The van der Waals surface area contributed by atoms with Crippen LogP contribution >= 0.6 is 0 Å². The number of hydrogen-bond donors (Lipinski definition) is 0. The quantitative estimate of drug-likeness (QED) is 0.799. The average Bonchev–Trinajstić information content (AvgIpc) is 2.53. The number of carbonyl (C=O) groups is 1. The van der Waals surface area contributed by atoms with Gasteiger partial charge in [0.25, 0.3) is 0 Å². The minimum Gasteiger partial charge on any atom is -0.485 e. The van der Waals surface area contributed by atoms with Crippen molar-refractivity contribution >= 4 is 17.3 Å². The normalized spacial score (nSPS) is 19.0. The van der Waals surface area contributed by atoms with Gasteiger partial charge in [0.05, 0.1) is 13.0 Å². The third kappa shape index (κ3) is 2.82. The summed E-state index contributed by atoms with van der Waals surface area (Å²) >= 11 is 0. The number of ether oxygens (including phenoxy) is 2. The first kappa shape index (κ1) is 14.6. The lowest BCUT2D eigenvalue weighted by Gasteiger charge is -2.25. The summed E-state index contributed by atoms with van der Waals surface area (Å²) in [4.78, 5) is 11.6. The Balaban J connectivity index is 2.02. The standard InChI is InChI=1S/C18H17FO3/c1-2-21-18(20)10-9-16-14-6-4-3-5-13(14)15-11-12(19)7-8-17(15)22-16/h3-8,11,17H,2,9-10H2,1H3. The van der Waals surface area contributed by atoms with Gasteiger partial charge in [0.2, 0.25) is 0 Å². The maximum Gasteiger partial charge on any atom is 0.306 e. The summed E-state index contributed by atoms with van der Waals surface area (Å²) in [6, 6.07) is 7.71. The Morgan fingerprint density at radius 2 is 2.09 bits per heavy atom. The molecule has 2 aliphatic rings. The van der Waals surface area contributed by atoms with Gasteiger partial charge in [-0.25, -0.2) is 4.39 Å². The summed E-state index contributed by atoms with van der Waals surface area (Å²) in [7, 11) is 0. The van der Waals surface area contributed by atoms with E-state index in [9.17, 15) is 9.18 Å². The minimum absolute atomic E-state index is 0.240. The van der Waals surface area contributed by atoms with E-state index in [0.29, 0.717) is 13.0 Å². The summed E-state index contributed by atoms with van der Waals surface area (Å²) in [5, 5.41) is 1.87. The molecule has 114 valence electrons. The number of hydrogen-bond acceptors (Lipinski definition) is 3. The van der Waals surface area contributed by atoms with Gasteiger partial charge in [-0.3, -0.25) is 4.79 Å². The van der Waals surface area contributed by atoms with E-state index in [1.807, 2.05) is 24.3 Å². The molecule has 0 spiro atoms. The van der Waals surface area contributed by atoms with Crippen molar-refractivity contribution in [3.63, 3.8) is 0 Å². The van der Waals surface area contributed by atoms with Crippen molar-refractivity contribution in [1.29, 1.82) is 0 Å². The first-order valence-corrected chi connectivity index (χ1v) is 7.39. The number of halogens is 1. The van der Waals surface area contributed by atoms with Crippen LogP contribution in [-0.4, -0.2) is 18.7 Å². The zero-order valence-corrected chi connectivity index (χ0v) is 12.3. The van der Waals surface area contributed by atoms with Crippen LogP contribution in [0.15, 0.2) is 48.3 Å². The summed E-state index contributed by atoms with van der Waals surface area (Å²) in [5.41, 5.74) is 0.815. The molecule has 1 aromatic rings. The molecule has 0 saturated carbocycles. The van der Waals surface area contributed by atoms with E-state index in [1.54, 1.807) is 13.0 Å². The highest BCUT2D eigenvalue weighted by Crippen LogP contribution is 2.25. The van der Waals surface area contributed by atoms with Gasteiger partial charge < -0.3 is 9.47 Å². The molecule has 3 nitrogen and oxygen atoms in total. The molecule has 0 N–H and O–H groups in total. The molecule has 1 aliphatic heterocycles. The second-order valence-electron chi connectivity index (χ2n) is 5.16. The van der Waals surface area contributed by atoms with E-state index in [2.05, 4.69) is 0 Å². The minimum atomic E-state index is -0.299. The highest BCUT2D eigenvalue weighted by atomic mass is 19.1. The lowest BCUT2D eigenvalue weighted by Crippen LogP contribution is -2.38. The van der Waals surface area contributed by atoms with Crippen LogP contribution in [0.3, 0.4) is 0 Å². The van der Waals surface area contributed by atoms with Crippen LogP contribution in [0.1, 0.15) is 19.8 Å². The van der Waals surface area contributed by atoms with Crippen LogP contribution in [-0.2, 0) is 14.3 Å². The molecular weight excluding hydrogens is 283 g/mol. The fourth-order valence-corrected chi connectivity index (χ4v) is 2.73. The Morgan fingerprint density at radius 3 is 2.86 bits per heavy atom. The fraction of sp³-hybridized carbons (Fsp3) is 0.278. The van der Waals surface area contributed by atoms with Crippen molar-refractivity contribution < 1.29 is 18.7 Å². The highest BCUT2D eigenvalue weighted by Gasteiger charge is 2.23. The molecule has 1 heterocycles. The van der Waals surface area contributed by atoms with Gasteiger partial charge in [-0.15, -0.1) is 0 Å². The van der Waals surface area contributed by atoms with E-state index >= 15 is 0 Å².